The predicted octanol–water partition coefficient (Wildman–Crippen LogP) is -0.358. The number of rotatable bonds is 2. The van der Waals surface area contributed by atoms with Crippen LogP contribution in [0, 0.1) is 20.2 Å². The zero-order valence-electron chi connectivity index (χ0n) is 3.44. The molecule has 0 rings (SSSR count). The Morgan fingerprint density at radius 1 is 1.11 bits per heavy atom. The minimum atomic E-state index is -1.50. The van der Waals surface area contributed by atoms with Crippen LogP contribution in [0.4, 0.5) is 0 Å². The van der Waals surface area contributed by atoms with Crippen molar-refractivity contribution in [2.24, 2.45) is 0 Å². The molecule has 0 unspecified atom stereocenters. The summed E-state index contributed by atoms with van der Waals surface area (Å²) in [5.74, 6) is 0. The second kappa shape index (κ2) is 6.82. The molecular weight excluding hydrogens is 148 g/mol. The lowest BCUT2D eigenvalue weighted by Gasteiger charge is -1.71. The summed E-state index contributed by atoms with van der Waals surface area (Å²) in [5.41, 5.74) is 0. The molecule has 8 heteroatoms. The molecule has 0 aromatic rings. The summed E-state index contributed by atoms with van der Waals surface area (Å²) in [6.45, 7) is 0. The van der Waals surface area contributed by atoms with E-state index < -0.39 is 10.2 Å². The van der Waals surface area contributed by atoms with Crippen molar-refractivity contribution >= 4 is 11.0 Å². The van der Waals surface area contributed by atoms with Crippen LogP contribution in [-0.2, 0) is 4.94 Å². The van der Waals surface area contributed by atoms with Crippen LogP contribution in [0.25, 0.3) is 0 Å². The van der Waals surface area contributed by atoms with Gasteiger partial charge in [-0.1, -0.05) is 7.43 Å². The average molecular weight is 152 g/mol. The molecule has 0 fully saturated rings. The first-order chi connectivity index (χ1) is 3.13. The summed E-state index contributed by atoms with van der Waals surface area (Å²) in [7, 11) is 0. The van der Waals surface area contributed by atoms with E-state index in [9.17, 15) is 0 Å². The van der Waals surface area contributed by atoms with Gasteiger partial charge in [-0.15, -0.1) is 20.2 Å². The van der Waals surface area contributed by atoms with Gasteiger partial charge in [0.15, 0.2) is 0 Å². The van der Waals surface area contributed by atoms with E-state index in [2.05, 4.69) is 4.94 Å². The van der Waals surface area contributed by atoms with Crippen LogP contribution < -0.4 is 0 Å². The maximum Gasteiger partial charge on any atom is 0.356 e. The highest BCUT2D eigenvalue weighted by Gasteiger charge is 2.05. The maximum absolute atomic E-state index is 8.95. The predicted molar refractivity (Wildman–Crippen MR) is 27.6 cm³/mol. The van der Waals surface area contributed by atoms with Crippen LogP contribution in [0.15, 0.2) is 0 Å². The van der Waals surface area contributed by atoms with E-state index in [1.807, 2.05) is 0 Å². The van der Waals surface area contributed by atoms with Crippen molar-refractivity contribution in [2.75, 3.05) is 0 Å². The first-order valence-electron chi connectivity index (χ1n) is 1.10. The van der Waals surface area contributed by atoms with Gasteiger partial charge in [0.1, 0.15) is 0 Å². The molecule has 0 aliphatic rings. The Hall–Kier alpha value is -1.18. The lowest BCUT2D eigenvalue weighted by molar-refractivity contribution is -1.03. The topological polar surface area (TPSA) is 95.5 Å². The quantitative estimate of drug-likeness (QED) is 0.306. The van der Waals surface area contributed by atoms with Crippen LogP contribution in [0.3, 0.4) is 0 Å². The van der Waals surface area contributed by atoms with Gasteiger partial charge >= 0.3 is 10.2 Å². The van der Waals surface area contributed by atoms with Gasteiger partial charge in [-0.3, -0.25) is 0 Å². The van der Waals surface area contributed by atoms with Crippen LogP contribution >= 0.6 is 0 Å². The average Bonchev–Trinajstić information content (AvgIpc) is 1.27. The summed E-state index contributed by atoms with van der Waals surface area (Å²) in [6.07, 6.45) is 0. The minimum Gasteiger partial charge on any atom is -0.105 e. The molecule has 0 aliphatic carbocycles. The number of nitrogens with zero attached hydrogens (tertiary/aromatic N) is 2. The summed E-state index contributed by atoms with van der Waals surface area (Å²) in [4.78, 5) is 20.6. The molecule has 0 bridgehead atoms. The molecular formula is CH4N2O5Si. The molecule has 4 radical (unpaired) electrons. The lowest BCUT2D eigenvalue weighted by atomic mass is 12.0. The summed E-state index contributed by atoms with van der Waals surface area (Å²) in [6, 6.07) is 0. The lowest BCUT2D eigenvalue weighted by Crippen LogP contribution is -2.06. The molecule has 0 N–H and O–H groups in total. The zero-order valence-corrected chi connectivity index (χ0v) is 4.44. The third-order valence-electron chi connectivity index (χ3n) is 0.133. The van der Waals surface area contributed by atoms with Crippen LogP contribution in [0.1, 0.15) is 7.43 Å². The highest BCUT2D eigenvalue weighted by Crippen LogP contribution is 1.70. The molecule has 52 valence electrons. The van der Waals surface area contributed by atoms with E-state index >= 15 is 0 Å². The van der Waals surface area contributed by atoms with Crippen LogP contribution in [-0.4, -0.2) is 21.1 Å². The molecule has 0 aromatic heterocycles. The molecule has 0 aromatic carbocycles. The highest BCUT2D eigenvalue weighted by atomic mass is 28.1. The van der Waals surface area contributed by atoms with Crippen molar-refractivity contribution in [1.29, 1.82) is 0 Å². The third-order valence-corrected chi connectivity index (χ3v) is 0.133. The van der Waals surface area contributed by atoms with E-state index in [1.54, 1.807) is 0 Å². The molecule has 0 atom stereocenters. The molecule has 7 nitrogen and oxygen atoms in total. The number of hydrogen-bond donors (Lipinski definition) is 0. The van der Waals surface area contributed by atoms with Gasteiger partial charge in [-0.05, 0) is 0 Å². The standard InChI is InChI=1S/CH4.N2O5.Si/c;3-1(4)7-2(5)6;/h1H4;;. The fraction of sp³-hybridized carbons (Fsp3) is 1.00. The Labute approximate surface area is 54.8 Å². The highest BCUT2D eigenvalue weighted by molar-refractivity contribution is 5.75. The van der Waals surface area contributed by atoms with Crippen molar-refractivity contribution < 1.29 is 15.1 Å². The largest absolute Gasteiger partial charge is 0.356 e. The molecule has 0 aliphatic heterocycles. The Kier molecular flexibility index (Phi) is 11.9. The van der Waals surface area contributed by atoms with E-state index in [0.29, 0.717) is 0 Å². The van der Waals surface area contributed by atoms with Gasteiger partial charge in [0.05, 0.1) is 0 Å². The van der Waals surface area contributed by atoms with Gasteiger partial charge < -0.3 is 0 Å². The van der Waals surface area contributed by atoms with Crippen LogP contribution in [0.2, 0.25) is 0 Å². The summed E-state index contributed by atoms with van der Waals surface area (Å²) in [5, 5.41) is 14.9. The van der Waals surface area contributed by atoms with Crippen LogP contribution in [0.5, 0.6) is 0 Å². The second-order valence-electron chi connectivity index (χ2n) is 0.529. The third kappa shape index (κ3) is 19.9. The van der Waals surface area contributed by atoms with Crippen molar-refractivity contribution in [1.82, 2.24) is 0 Å². The normalized spacial score (nSPS) is 5.78. The van der Waals surface area contributed by atoms with Crippen molar-refractivity contribution in [3.63, 3.8) is 0 Å². The van der Waals surface area contributed by atoms with E-state index in [0.717, 1.165) is 0 Å². The Bertz CT molecular complexity index is 91.1. The Balaban J connectivity index is -0.000000180. The fourth-order valence-electron chi connectivity index (χ4n) is 0.0544. The van der Waals surface area contributed by atoms with Crippen molar-refractivity contribution in [3.05, 3.63) is 20.2 Å². The zero-order chi connectivity index (χ0) is 5.86. The van der Waals surface area contributed by atoms with E-state index in [1.165, 1.54) is 0 Å². The van der Waals surface area contributed by atoms with E-state index in [4.69, 9.17) is 20.2 Å². The van der Waals surface area contributed by atoms with Crippen molar-refractivity contribution in [2.45, 2.75) is 7.43 Å². The Morgan fingerprint density at radius 3 is 1.33 bits per heavy atom. The molecule has 0 amide bonds. The molecule has 0 heterocycles. The maximum atomic E-state index is 8.95. The molecule has 9 heavy (non-hydrogen) atoms. The minimum absolute atomic E-state index is 0. The SMILES string of the molecule is C.O=[N+]([O-])O[N+](=O)[O-].[Si]. The molecule has 0 spiro atoms. The number of hydrogen-bond acceptors (Lipinski definition) is 5. The smallest absolute Gasteiger partial charge is 0.105 e. The van der Waals surface area contributed by atoms with Gasteiger partial charge in [0.2, 0.25) is 0 Å². The summed E-state index contributed by atoms with van der Waals surface area (Å²) >= 11 is 0. The summed E-state index contributed by atoms with van der Waals surface area (Å²) < 4.78 is 0. The fourth-order valence-corrected chi connectivity index (χ4v) is 0.0544. The van der Waals surface area contributed by atoms with Gasteiger partial charge in [-0.25, -0.2) is 0 Å². The van der Waals surface area contributed by atoms with E-state index in [-0.39, 0.29) is 18.4 Å². The van der Waals surface area contributed by atoms with Gasteiger partial charge in [0, 0.05) is 15.9 Å². The van der Waals surface area contributed by atoms with Gasteiger partial charge in [0.25, 0.3) is 0 Å². The van der Waals surface area contributed by atoms with Crippen molar-refractivity contribution in [3.8, 4) is 0 Å². The molecule has 0 saturated carbocycles. The van der Waals surface area contributed by atoms with Gasteiger partial charge in [-0.2, -0.15) is 0 Å². The second-order valence-corrected chi connectivity index (χ2v) is 0.529. The first-order valence-corrected chi connectivity index (χ1v) is 1.10. The monoisotopic (exact) mass is 152 g/mol. The first kappa shape index (κ1) is 15.7. The Morgan fingerprint density at radius 2 is 1.33 bits per heavy atom. The molecule has 0 saturated heterocycles.